The van der Waals surface area contributed by atoms with E-state index in [9.17, 15) is 9.59 Å². The van der Waals surface area contributed by atoms with Gasteiger partial charge >= 0.3 is 0 Å². The number of hydrogen-bond acceptors (Lipinski definition) is 4. The zero-order chi connectivity index (χ0) is 9.42. The van der Waals surface area contributed by atoms with Crippen molar-refractivity contribution < 1.29 is 4.79 Å². The summed E-state index contributed by atoms with van der Waals surface area (Å²) in [6.45, 7) is 2.56. The molecule has 1 aliphatic heterocycles. The molecule has 0 saturated carbocycles. The number of aromatic amines is 1. The Morgan fingerprint density at radius 1 is 1.54 bits per heavy atom. The van der Waals surface area contributed by atoms with Crippen LogP contribution in [0.1, 0.15) is 10.5 Å². The molecule has 6 heteroatoms. The summed E-state index contributed by atoms with van der Waals surface area (Å²) in [6.07, 6.45) is 1.12. The van der Waals surface area contributed by atoms with Crippen molar-refractivity contribution >= 4 is 11.7 Å². The molecule has 0 atom stereocenters. The van der Waals surface area contributed by atoms with Gasteiger partial charge < -0.3 is 15.2 Å². The first-order chi connectivity index (χ1) is 6.18. The molecule has 0 aromatic carbocycles. The average molecular weight is 178 g/mol. The largest absolute Gasteiger partial charge is 0.327 e. The van der Waals surface area contributed by atoms with E-state index < -0.39 is 11.5 Å². The third kappa shape index (κ3) is 1.16. The highest BCUT2D eigenvalue weighted by atomic mass is 16.2. The van der Waals surface area contributed by atoms with Crippen LogP contribution < -0.4 is 15.8 Å². The Hall–Kier alpha value is -1.85. The molecule has 0 spiro atoms. The monoisotopic (exact) mass is 178 g/mol. The summed E-state index contributed by atoms with van der Waals surface area (Å²) in [7, 11) is 1.67. The second-order valence-corrected chi connectivity index (χ2v) is 2.57. The SMILES string of the molecule is CN1[C]NC(=O)c2[nH]c(=O)cnc21. The van der Waals surface area contributed by atoms with Crippen molar-refractivity contribution in [1.82, 2.24) is 15.3 Å². The third-order valence-corrected chi connectivity index (χ3v) is 1.66. The normalized spacial score (nSPS) is 15.2. The number of H-pyrrole nitrogens is 1. The number of carbonyl (C=O) groups is 1. The first kappa shape index (κ1) is 7.78. The molecular weight excluding hydrogens is 172 g/mol. The Labute approximate surface area is 73.6 Å². The fourth-order valence-corrected chi connectivity index (χ4v) is 1.06. The van der Waals surface area contributed by atoms with Crippen LogP contribution in [0.3, 0.4) is 0 Å². The molecule has 6 nitrogen and oxygen atoms in total. The highest BCUT2D eigenvalue weighted by molar-refractivity contribution is 5.99. The molecule has 0 saturated heterocycles. The van der Waals surface area contributed by atoms with Crippen LogP contribution in [0.5, 0.6) is 0 Å². The maximum Gasteiger partial charge on any atom is 0.273 e. The number of carbonyl (C=O) groups excluding carboxylic acids is 1. The molecule has 1 aromatic heterocycles. The van der Waals surface area contributed by atoms with Crippen molar-refractivity contribution in [2.45, 2.75) is 0 Å². The fraction of sp³-hybridized carbons (Fsp3) is 0.143. The van der Waals surface area contributed by atoms with Gasteiger partial charge in [-0.1, -0.05) is 0 Å². The Morgan fingerprint density at radius 3 is 3.08 bits per heavy atom. The van der Waals surface area contributed by atoms with Gasteiger partial charge in [0.2, 0.25) is 6.67 Å². The van der Waals surface area contributed by atoms with E-state index in [1.54, 1.807) is 7.05 Å². The van der Waals surface area contributed by atoms with Crippen molar-refractivity contribution in [3.63, 3.8) is 0 Å². The standard InChI is InChI=1S/C7H6N4O2/c1-11-3-9-7(13)5-6(11)8-2-4(12)10-5/h2H,1H3,(H,9,13)(H,10,12). The first-order valence-electron chi connectivity index (χ1n) is 3.57. The summed E-state index contributed by atoms with van der Waals surface area (Å²) in [6, 6.07) is 0. The average Bonchev–Trinajstić information content (AvgIpc) is 2.12. The highest BCUT2D eigenvalue weighted by Gasteiger charge is 2.23. The van der Waals surface area contributed by atoms with Crippen LogP contribution in [0.25, 0.3) is 0 Å². The minimum Gasteiger partial charge on any atom is -0.327 e. The van der Waals surface area contributed by atoms with Gasteiger partial charge in [0.25, 0.3) is 11.5 Å². The van der Waals surface area contributed by atoms with Crippen LogP contribution in [0, 0.1) is 6.67 Å². The van der Waals surface area contributed by atoms with Gasteiger partial charge in [0, 0.05) is 7.05 Å². The van der Waals surface area contributed by atoms with Crippen LogP contribution >= 0.6 is 0 Å². The highest BCUT2D eigenvalue weighted by Crippen LogP contribution is 2.15. The van der Waals surface area contributed by atoms with Crippen molar-refractivity contribution in [2.75, 3.05) is 11.9 Å². The third-order valence-electron chi connectivity index (χ3n) is 1.66. The fourth-order valence-electron chi connectivity index (χ4n) is 1.06. The number of aromatic nitrogens is 2. The molecule has 1 aliphatic rings. The van der Waals surface area contributed by atoms with Crippen molar-refractivity contribution in [2.24, 2.45) is 0 Å². The van der Waals surface area contributed by atoms with E-state index in [2.05, 4.69) is 22.0 Å². The van der Waals surface area contributed by atoms with Gasteiger partial charge in [-0.2, -0.15) is 0 Å². The Balaban J connectivity index is 2.63. The number of rotatable bonds is 0. The molecule has 13 heavy (non-hydrogen) atoms. The van der Waals surface area contributed by atoms with Gasteiger partial charge in [0.15, 0.2) is 11.5 Å². The van der Waals surface area contributed by atoms with E-state index in [4.69, 9.17) is 0 Å². The lowest BCUT2D eigenvalue weighted by Gasteiger charge is -2.23. The second kappa shape index (κ2) is 2.58. The predicted octanol–water partition coefficient (Wildman–Crippen LogP) is -1.05. The van der Waals surface area contributed by atoms with E-state index in [1.807, 2.05) is 0 Å². The molecule has 2 rings (SSSR count). The van der Waals surface area contributed by atoms with Crippen molar-refractivity contribution in [1.29, 1.82) is 0 Å². The van der Waals surface area contributed by atoms with Crippen LogP contribution in [0.2, 0.25) is 0 Å². The minimum atomic E-state index is -0.404. The molecule has 2 heterocycles. The van der Waals surface area contributed by atoms with Gasteiger partial charge in [-0.3, -0.25) is 9.59 Å². The number of fused-ring (bicyclic) bond motifs is 1. The lowest BCUT2D eigenvalue weighted by Crippen LogP contribution is -2.39. The van der Waals surface area contributed by atoms with E-state index >= 15 is 0 Å². The van der Waals surface area contributed by atoms with E-state index in [-0.39, 0.29) is 5.69 Å². The summed E-state index contributed by atoms with van der Waals surface area (Å²) >= 11 is 0. The van der Waals surface area contributed by atoms with Gasteiger partial charge in [-0.25, -0.2) is 4.98 Å². The minimum absolute atomic E-state index is 0.161. The summed E-state index contributed by atoms with van der Waals surface area (Å²) in [5.41, 5.74) is -0.238. The molecule has 2 radical (unpaired) electrons. The zero-order valence-corrected chi connectivity index (χ0v) is 6.79. The lowest BCUT2D eigenvalue weighted by molar-refractivity contribution is 0.0953. The molecule has 66 valence electrons. The number of anilines is 1. The zero-order valence-electron chi connectivity index (χ0n) is 6.79. The van der Waals surface area contributed by atoms with Gasteiger partial charge in [0.05, 0.1) is 6.20 Å². The number of nitrogens with zero attached hydrogens (tertiary/aromatic N) is 2. The van der Waals surface area contributed by atoms with Crippen LogP contribution in [-0.4, -0.2) is 22.9 Å². The van der Waals surface area contributed by atoms with E-state index in [0.717, 1.165) is 6.20 Å². The first-order valence-corrected chi connectivity index (χ1v) is 3.57. The summed E-state index contributed by atoms with van der Waals surface area (Å²) in [5.74, 6) is -0.0124. The van der Waals surface area contributed by atoms with Gasteiger partial charge in [-0.15, -0.1) is 0 Å². The molecule has 0 unspecified atom stereocenters. The molecule has 1 amide bonds. The summed E-state index contributed by atoms with van der Waals surface area (Å²) < 4.78 is 0. The van der Waals surface area contributed by atoms with Crippen LogP contribution in [0.4, 0.5) is 5.82 Å². The van der Waals surface area contributed by atoms with Crippen molar-refractivity contribution in [3.8, 4) is 0 Å². The van der Waals surface area contributed by atoms with E-state index in [1.165, 1.54) is 4.90 Å². The molecule has 0 fully saturated rings. The number of amides is 1. The molecule has 2 N–H and O–H groups in total. The Morgan fingerprint density at radius 2 is 2.31 bits per heavy atom. The van der Waals surface area contributed by atoms with Crippen LogP contribution in [-0.2, 0) is 0 Å². The topological polar surface area (TPSA) is 78.1 Å². The van der Waals surface area contributed by atoms with Gasteiger partial charge in [-0.05, 0) is 0 Å². The van der Waals surface area contributed by atoms with E-state index in [0.29, 0.717) is 5.82 Å². The molecular formula is C7H6N4O2. The van der Waals surface area contributed by atoms with Crippen LogP contribution in [0.15, 0.2) is 11.0 Å². The summed E-state index contributed by atoms with van der Waals surface area (Å²) in [4.78, 5) is 29.7. The Bertz CT molecular complexity index is 411. The van der Waals surface area contributed by atoms with Gasteiger partial charge in [0.1, 0.15) is 0 Å². The maximum absolute atomic E-state index is 11.2. The summed E-state index contributed by atoms with van der Waals surface area (Å²) in [5, 5.41) is 2.34. The molecule has 0 aliphatic carbocycles. The molecule has 0 bridgehead atoms. The smallest absolute Gasteiger partial charge is 0.273 e. The number of nitrogens with one attached hydrogen (secondary N) is 2. The Kier molecular flexibility index (Phi) is 1.54. The lowest BCUT2D eigenvalue weighted by atomic mass is 10.3. The predicted molar refractivity (Wildman–Crippen MR) is 44.0 cm³/mol. The van der Waals surface area contributed by atoms with Crippen molar-refractivity contribution in [3.05, 3.63) is 28.9 Å². The quantitative estimate of drug-likeness (QED) is 0.531. The number of hydrogen-bond donors (Lipinski definition) is 2. The maximum atomic E-state index is 11.2. The molecule has 1 aromatic rings. The second-order valence-electron chi connectivity index (χ2n) is 2.57.